The van der Waals surface area contributed by atoms with Gasteiger partial charge in [-0.2, -0.15) is 0 Å². The first kappa shape index (κ1) is 42.9. The van der Waals surface area contributed by atoms with Crippen molar-refractivity contribution >= 4 is 35.3 Å². The first-order valence-corrected chi connectivity index (χ1v) is 22.2. The Hall–Kier alpha value is -5.72. The minimum Gasteiger partial charge on any atom is -0.481 e. The molecule has 0 amide bonds. The van der Waals surface area contributed by atoms with Crippen LogP contribution in [0.1, 0.15) is 83.7 Å². The summed E-state index contributed by atoms with van der Waals surface area (Å²) in [5.74, 6) is -7.33. The number of carbonyl (C=O) groups excluding carboxylic acids is 2. The molecule has 6 aliphatic rings. The van der Waals surface area contributed by atoms with Gasteiger partial charge in [-0.05, 0) is 110 Å². The number of carboxylic acids is 2. The summed E-state index contributed by atoms with van der Waals surface area (Å²) in [6.45, 7) is 12.9. The van der Waals surface area contributed by atoms with Gasteiger partial charge in [0, 0.05) is 63.7 Å². The van der Waals surface area contributed by atoms with E-state index < -0.39 is 35.7 Å². The number of ether oxygens (including phenoxy) is 2. The average molecular weight is 843 g/mol. The number of anilines is 2. The smallest absolute Gasteiger partial charge is 0.327 e. The summed E-state index contributed by atoms with van der Waals surface area (Å²) < 4.78 is 9.90. The summed E-state index contributed by atoms with van der Waals surface area (Å²) in [6, 6.07) is 26.1. The Labute approximate surface area is 363 Å². The zero-order valence-corrected chi connectivity index (χ0v) is 35.7. The van der Waals surface area contributed by atoms with Gasteiger partial charge < -0.3 is 40.1 Å². The standard InChI is InChI=1S/C20H18O8.2C15H20N2/c1-11-3-7-13(8-4-11)27-19(25)15(17(21)22)16(18(23)24)20(26)28-14-9-5-12(2)6-10-14;2*1-3-11-9-16-7-8-17-10-12-4-2-5-13(12)14(6-1)15(11)17/h3-10,15-16H,1-2H3,(H,21,22)(H,23,24);2*1,3,6,12-13,16H,2,4-5,7-10H2/t15-,16-;2*12-,13-/m110/s1. The van der Waals surface area contributed by atoms with E-state index in [1.165, 1.54) is 100 Å². The molecule has 2 fully saturated rings. The predicted molar refractivity (Wildman–Crippen MR) is 237 cm³/mol. The van der Waals surface area contributed by atoms with Gasteiger partial charge in [-0.3, -0.25) is 19.2 Å². The summed E-state index contributed by atoms with van der Waals surface area (Å²) in [5, 5.41) is 25.8. The van der Waals surface area contributed by atoms with Crippen LogP contribution in [0.5, 0.6) is 11.5 Å². The summed E-state index contributed by atoms with van der Waals surface area (Å²) >= 11 is 0. The summed E-state index contributed by atoms with van der Waals surface area (Å²) in [4.78, 5) is 53.0. The fraction of sp³-hybridized carbons (Fsp3) is 0.440. The van der Waals surface area contributed by atoms with Crippen molar-refractivity contribution in [1.82, 2.24) is 10.6 Å². The number of hydrogen-bond acceptors (Lipinski definition) is 10. The number of nitrogens with zero attached hydrogens (tertiary/aromatic N) is 2. The van der Waals surface area contributed by atoms with E-state index in [9.17, 15) is 29.4 Å². The van der Waals surface area contributed by atoms with Gasteiger partial charge >= 0.3 is 23.9 Å². The SMILES string of the molecule is Cc1ccc(OC(=O)[C@@H](C(=O)O)[C@H](C(=O)O)C(=O)Oc2ccc(C)cc2)cc1.c1cc2c3c(c1)[C@@H]1CCC[C@@H]1CN3CCNC2.c1cc2c3c(c1)[C@H]1CCC[C@H]1CN3CCNC2. The van der Waals surface area contributed by atoms with E-state index in [-0.39, 0.29) is 11.5 Å². The molecule has 12 heteroatoms. The lowest BCUT2D eigenvalue weighted by molar-refractivity contribution is -0.169. The number of rotatable bonds is 7. The van der Waals surface area contributed by atoms with Gasteiger partial charge in [-0.1, -0.05) is 84.6 Å². The minimum absolute atomic E-state index is 0.0258. The maximum Gasteiger partial charge on any atom is 0.327 e. The van der Waals surface area contributed by atoms with E-state index in [0.29, 0.717) is 0 Å². The van der Waals surface area contributed by atoms with Crippen molar-refractivity contribution in [1.29, 1.82) is 0 Å². The van der Waals surface area contributed by atoms with Crippen LogP contribution in [-0.4, -0.2) is 73.4 Å². The highest BCUT2D eigenvalue weighted by Gasteiger charge is 2.47. The Morgan fingerprint density at radius 2 is 0.984 bits per heavy atom. The van der Waals surface area contributed by atoms with Crippen LogP contribution in [0.2, 0.25) is 0 Å². The molecule has 62 heavy (non-hydrogen) atoms. The molecule has 326 valence electrons. The van der Waals surface area contributed by atoms with Gasteiger partial charge in [0.25, 0.3) is 0 Å². The highest BCUT2D eigenvalue weighted by atomic mass is 16.5. The molecule has 4 aromatic carbocycles. The van der Waals surface area contributed by atoms with Crippen LogP contribution in [0.15, 0.2) is 84.9 Å². The molecule has 4 aliphatic heterocycles. The lowest BCUT2D eigenvalue weighted by Crippen LogP contribution is -2.44. The molecule has 0 radical (unpaired) electrons. The van der Waals surface area contributed by atoms with Gasteiger partial charge in [0.1, 0.15) is 11.5 Å². The second-order valence-electron chi connectivity index (χ2n) is 17.7. The molecule has 0 aromatic heterocycles. The average Bonchev–Trinajstić information content (AvgIpc) is 3.84. The second-order valence-corrected chi connectivity index (χ2v) is 17.7. The number of para-hydroxylation sites is 2. The second kappa shape index (κ2) is 19.1. The van der Waals surface area contributed by atoms with Gasteiger partial charge in [-0.15, -0.1) is 0 Å². The number of nitrogens with one attached hydrogen (secondary N) is 2. The van der Waals surface area contributed by atoms with Crippen LogP contribution in [0.25, 0.3) is 0 Å². The Morgan fingerprint density at radius 1 is 0.581 bits per heavy atom. The van der Waals surface area contributed by atoms with E-state index in [0.717, 1.165) is 61.0 Å². The van der Waals surface area contributed by atoms with Gasteiger partial charge in [0.2, 0.25) is 0 Å². The fourth-order valence-corrected chi connectivity index (χ4v) is 10.6. The Morgan fingerprint density at radius 3 is 1.37 bits per heavy atom. The number of carbonyl (C=O) groups is 4. The van der Waals surface area contributed by atoms with Crippen molar-refractivity contribution in [3.63, 3.8) is 0 Å². The molecule has 0 bridgehead atoms. The van der Waals surface area contributed by atoms with Crippen LogP contribution >= 0.6 is 0 Å². The fourth-order valence-electron chi connectivity index (χ4n) is 10.6. The third-order valence-electron chi connectivity index (χ3n) is 13.6. The van der Waals surface area contributed by atoms with Gasteiger partial charge in [0.15, 0.2) is 11.8 Å². The maximum absolute atomic E-state index is 12.3. The summed E-state index contributed by atoms with van der Waals surface area (Å²) in [6.07, 6.45) is 8.59. The van der Waals surface area contributed by atoms with E-state index in [2.05, 4.69) is 56.8 Å². The highest BCUT2D eigenvalue weighted by Crippen LogP contribution is 2.50. The minimum atomic E-state index is -2.28. The number of esters is 2. The zero-order valence-electron chi connectivity index (χ0n) is 35.7. The Bertz CT molecular complexity index is 2100. The first-order valence-electron chi connectivity index (χ1n) is 22.2. The van der Waals surface area contributed by atoms with Crippen LogP contribution in [-0.2, 0) is 32.3 Å². The molecular formula is C50H58N4O8. The van der Waals surface area contributed by atoms with E-state index in [1.807, 2.05) is 0 Å². The molecule has 2 aliphatic carbocycles. The quantitative estimate of drug-likeness (QED) is 0.0844. The van der Waals surface area contributed by atoms with Crippen molar-refractivity contribution in [2.45, 2.75) is 77.3 Å². The molecule has 0 unspecified atom stereocenters. The monoisotopic (exact) mass is 842 g/mol. The normalized spacial score (nSPS) is 22.5. The molecule has 12 nitrogen and oxygen atoms in total. The zero-order chi connectivity index (χ0) is 43.3. The number of carboxylic acid groups (broad SMARTS) is 2. The predicted octanol–water partition coefficient (Wildman–Crippen LogP) is 7.20. The topological polar surface area (TPSA) is 158 Å². The third-order valence-corrected chi connectivity index (χ3v) is 13.6. The molecule has 10 rings (SSSR count). The number of aryl methyl sites for hydroxylation is 2. The number of benzene rings is 4. The molecule has 2 saturated carbocycles. The maximum atomic E-state index is 12.3. The molecule has 6 atom stereocenters. The van der Waals surface area contributed by atoms with Crippen molar-refractivity contribution in [2.24, 2.45) is 23.7 Å². The molecule has 0 spiro atoms. The van der Waals surface area contributed by atoms with Gasteiger partial charge in [0.05, 0.1) is 0 Å². The molecule has 4 N–H and O–H groups in total. The third kappa shape index (κ3) is 9.36. The number of hydrogen-bond donors (Lipinski definition) is 4. The summed E-state index contributed by atoms with van der Waals surface area (Å²) in [7, 11) is 0. The molecule has 0 saturated heterocycles. The number of fused-ring (bicyclic) bond motifs is 4. The number of aliphatic carboxylic acids is 2. The summed E-state index contributed by atoms with van der Waals surface area (Å²) in [5.41, 5.74) is 11.3. The Balaban J connectivity index is 0.000000134. The van der Waals surface area contributed by atoms with Crippen molar-refractivity contribution in [3.8, 4) is 11.5 Å². The molecule has 4 heterocycles. The largest absolute Gasteiger partial charge is 0.481 e. The highest BCUT2D eigenvalue weighted by molar-refractivity contribution is 6.07. The van der Waals surface area contributed by atoms with Crippen LogP contribution in [0.3, 0.4) is 0 Å². The lowest BCUT2D eigenvalue weighted by atomic mass is 9.82. The van der Waals surface area contributed by atoms with Crippen LogP contribution in [0.4, 0.5) is 11.4 Å². The van der Waals surface area contributed by atoms with E-state index >= 15 is 0 Å². The van der Waals surface area contributed by atoms with Crippen molar-refractivity contribution in [3.05, 3.63) is 118 Å². The first-order chi connectivity index (χ1) is 30.0. The Kier molecular flexibility index (Phi) is 13.2. The van der Waals surface area contributed by atoms with E-state index in [4.69, 9.17) is 9.47 Å². The van der Waals surface area contributed by atoms with Crippen LogP contribution in [0, 0.1) is 37.5 Å². The van der Waals surface area contributed by atoms with Crippen LogP contribution < -0.4 is 29.9 Å². The van der Waals surface area contributed by atoms with Crippen molar-refractivity contribution < 1.29 is 38.9 Å². The van der Waals surface area contributed by atoms with Gasteiger partial charge in [-0.25, -0.2) is 0 Å². The molecular weight excluding hydrogens is 785 g/mol. The van der Waals surface area contributed by atoms with E-state index in [1.54, 1.807) is 60.6 Å². The molecule has 4 aromatic rings. The lowest BCUT2D eigenvalue weighted by Gasteiger charge is -2.38. The van der Waals surface area contributed by atoms with Crippen molar-refractivity contribution in [2.75, 3.05) is 49.1 Å².